The number of anilines is 1. The Morgan fingerprint density at radius 1 is 1.12 bits per heavy atom. The first-order valence-electron chi connectivity index (χ1n) is 10.7. The van der Waals surface area contributed by atoms with E-state index in [1.165, 1.54) is 35.5 Å². The number of hydrogen-bond acceptors (Lipinski definition) is 8. The van der Waals surface area contributed by atoms with Crippen LogP contribution in [0.3, 0.4) is 0 Å². The van der Waals surface area contributed by atoms with Gasteiger partial charge in [-0.3, -0.25) is 14.5 Å². The van der Waals surface area contributed by atoms with E-state index in [2.05, 4.69) is 10.2 Å². The number of carbonyl (C=O) groups is 1. The summed E-state index contributed by atoms with van der Waals surface area (Å²) in [4.78, 5) is 28.5. The van der Waals surface area contributed by atoms with E-state index >= 15 is 0 Å². The van der Waals surface area contributed by atoms with Crippen molar-refractivity contribution in [3.8, 4) is 11.5 Å². The highest BCUT2D eigenvalue weighted by Gasteiger charge is 2.45. The summed E-state index contributed by atoms with van der Waals surface area (Å²) in [6.07, 6.45) is 0.647. The zero-order chi connectivity index (χ0) is 24.0. The maximum absolute atomic E-state index is 14.0. The molecule has 0 aliphatic carbocycles. The fourth-order valence-corrected chi connectivity index (χ4v) is 4.88. The topological polar surface area (TPSA) is 94.8 Å². The van der Waals surface area contributed by atoms with E-state index in [0.717, 1.165) is 11.1 Å². The lowest BCUT2D eigenvalue weighted by molar-refractivity contribution is 0.0970. The van der Waals surface area contributed by atoms with E-state index in [0.29, 0.717) is 35.2 Å². The van der Waals surface area contributed by atoms with Gasteiger partial charge in [0, 0.05) is 0 Å². The normalized spacial score (nSPS) is 15.1. The molecule has 0 bridgehead atoms. The van der Waals surface area contributed by atoms with Crippen LogP contribution in [0.2, 0.25) is 0 Å². The maximum atomic E-state index is 14.0. The molecule has 1 aliphatic heterocycles. The minimum Gasteiger partial charge on any atom is -0.493 e. The molecule has 1 amide bonds. The fraction of sp³-hybridized carbons (Fsp3) is 0.250. The predicted molar refractivity (Wildman–Crippen MR) is 125 cm³/mol. The van der Waals surface area contributed by atoms with Crippen LogP contribution in [0.4, 0.5) is 9.52 Å². The molecular weight excluding hydrogens is 461 g/mol. The number of ether oxygens (including phenoxy) is 2. The van der Waals surface area contributed by atoms with Crippen LogP contribution in [0.1, 0.15) is 46.6 Å². The summed E-state index contributed by atoms with van der Waals surface area (Å²) in [5.74, 6) is -0.216. The third-order valence-corrected chi connectivity index (χ3v) is 6.67. The molecule has 0 N–H and O–H groups in total. The summed E-state index contributed by atoms with van der Waals surface area (Å²) >= 11 is 1.26. The standard InChI is InChI=1S/C24H20FN3O5S/c1-4-18-26-27-24(34-18)28-20(12-6-8-16(32-5-2)17(10-12)31-3)19-21(29)14-11-13(25)7-9-15(14)33-22(19)23(28)30/h6-11,20H,4-5H2,1-3H3. The van der Waals surface area contributed by atoms with Crippen molar-refractivity contribution in [3.63, 3.8) is 0 Å². The minimum atomic E-state index is -0.867. The number of halogens is 1. The highest BCUT2D eigenvalue weighted by atomic mass is 32.1. The Morgan fingerprint density at radius 2 is 1.94 bits per heavy atom. The van der Waals surface area contributed by atoms with Crippen molar-refractivity contribution in [1.82, 2.24) is 10.2 Å². The molecule has 0 fully saturated rings. The summed E-state index contributed by atoms with van der Waals surface area (Å²) in [6, 6.07) is 7.96. The van der Waals surface area contributed by atoms with Gasteiger partial charge < -0.3 is 13.9 Å². The van der Waals surface area contributed by atoms with Crippen LogP contribution in [0.5, 0.6) is 11.5 Å². The highest BCUT2D eigenvalue weighted by molar-refractivity contribution is 7.15. The molecule has 0 saturated heterocycles. The molecule has 1 atom stereocenters. The summed E-state index contributed by atoms with van der Waals surface area (Å²) in [7, 11) is 1.51. The first-order chi connectivity index (χ1) is 16.5. The zero-order valence-corrected chi connectivity index (χ0v) is 19.4. The third kappa shape index (κ3) is 3.41. The molecule has 3 heterocycles. The maximum Gasteiger partial charge on any atom is 0.297 e. The van der Waals surface area contributed by atoms with Crippen molar-refractivity contribution >= 4 is 33.3 Å². The van der Waals surface area contributed by atoms with Crippen molar-refractivity contribution in [2.75, 3.05) is 18.6 Å². The van der Waals surface area contributed by atoms with Crippen molar-refractivity contribution in [2.24, 2.45) is 0 Å². The number of methoxy groups -OCH3 is 1. The average Bonchev–Trinajstić information content (AvgIpc) is 3.43. The summed E-state index contributed by atoms with van der Waals surface area (Å²) in [5.41, 5.74) is 0.353. The van der Waals surface area contributed by atoms with Gasteiger partial charge in [-0.05, 0) is 49.2 Å². The average molecular weight is 482 g/mol. The molecule has 2 aromatic carbocycles. The number of hydrogen-bond donors (Lipinski definition) is 0. The molecule has 5 rings (SSSR count). The van der Waals surface area contributed by atoms with Crippen molar-refractivity contribution in [2.45, 2.75) is 26.3 Å². The van der Waals surface area contributed by atoms with E-state index in [4.69, 9.17) is 13.9 Å². The largest absolute Gasteiger partial charge is 0.493 e. The molecule has 8 nitrogen and oxygen atoms in total. The number of carbonyl (C=O) groups excluding carboxylic acids is 1. The van der Waals surface area contributed by atoms with Gasteiger partial charge in [0.05, 0.1) is 30.7 Å². The molecule has 0 radical (unpaired) electrons. The Labute approximate surface area is 197 Å². The number of rotatable bonds is 6. The lowest BCUT2D eigenvalue weighted by Gasteiger charge is -2.23. The Hall–Kier alpha value is -3.79. The molecule has 34 heavy (non-hydrogen) atoms. The molecule has 0 saturated carbocycles. The van der Waals surface area contributed by atoms with Gasteiger partial charge in [-0.1, -0.05) is 24.3 Å². The van der Waals surface area contributed by atoms with Crippen LogP contribution in [0, 0.1) is 5.82 Å². The van der Waals surface area contributed by atoms with Crippen LogP contribution in [-0.4, -0.2) is 29.8 Å². The van der Waals surface area contributed by atoms with Crippen LogP contribution in [0.15, 0.2) is 45.6 Å². The highest BCUT2D eigenvalue weighted by Crippen LogP contribution is 2.44. The Morgan fingerprint density at radius 3 is 2.65 bits per heavy atom. The zero-order valence-electron chi connectivity index (χ0n) is 18.6. The molecule has 4 aromatic rings. The van der Waals surface area contributed by atoms with Crippen molar-refractivity contribution in [1.29, 1.82) is 0 Å². The SMILES string of the molecule is CCOc1ccc(C2c3c(oc4ccc(F)cc4c3=O)C(=O)N2c2nnc(CC)s2)cc1OC. The molecule has 10 heteroatoms. The van der Waals surface area contributed by atoms with Gasteiger partial charge in [0.2, 0.25) is 10.9 Å². The first-order valence-corrected chi connectivity index (χ1v) is 11.5. The monoisotopic (exact) mass is 481 g/mol. The molecule has 2 aromatic heterocycles. The van der Waals surface area contributed by atoms with Gasteiger partial charge in [0.25, 0.3) is 5.91 Å². The lowest BCUT2D eigenvalue weighted by Crippen LogP contribution is -2.29. The second-order valence-corrected chi connectivity index (χ2v) is 8.61. The van der Waals surface area contributed by atoms with Gasteiger partial charge in [0.15, 0.2) is 16.9 Å². The van der Waals surface area contributed by atoms with Crippen LogP contribution >= 0.6 is 11.3 Å². The Bertz CT molecular complexity index is 1480. The van der Waals surface area contributed by atoms with Crippen LogP contribution in [-0.2, 0) is 6.42 Å². The second kappa shape index (κ2) is 8.53. The summed E-state index contributed by atoms with van der Waals surface area (Å²) in [5, 5.41) is 9.47. The number of amides is 1. The fourth-order valence-electron chi connectivity index (χ4n) is 4.07. The number of aryl methyl sites for hydroxylation is 1. The van der Waals surface area contributed by atoms with E-state index in [1.54, 1.807) is 18.2 Å². The van der Waals surface area contributed by atoms with E-state index in [-0.39, 0.29) is 22.3 Å². The molecule has 1 aliphatic rings. The van der Waals surface area contributed by atoms with E-state index in [9.17, 15) is 14.0 Å². The molecular formula is C24H20FN3O5S. The summed E-state index contributed by atoms with van der Waals surface area (Å²) in [6.45, 7) is 4.24. The minimum absolute atomic E-state index is 0.0582. The number of benzene rings is 2. The van der Waals surface area contributed by atoms with Crippen LogP contribution in [0.25, 0.3) is 11.0 Å². The smallest absolute Gasteiger partial charge is 0.297 e. The lowest BCUT2D eigenvalue weighted by atomic mass is 9.98. The molecule has 174 valence electrons. The molecule has 1 unspecified atom stereocenters. The second-order valence-electron chi connectivity index (χ2n) is 7.57. The van der Waals surface area contributed by atoms with Gasteiger partial charge in [-0.15, -0.1) is 10.2 Å². The van der Waals surface area contributed by atoms with Crippen molar-refractivity contribution < 1.29 is 23.1 Å². The molecule has 0 spiro atoms. The Kier molecular flexibility index (Phi) is 5.52. The van der Waals surface area contributed by atoms with E-state index < -0.39 is 23.2 Å². The predicted octanol–water partition coefficient (Wildman–Crippen LogP) is 4.50. The van der Waals surface area contributed by atoms with Crippen LogP contribution < -0.4 is 19.8 Å². The number of aromatic nitrogens is 2. The van der Waals surface area contributed by atoms with E-state index in [1.807, 2.05) is 13.8 Å². The Balaban J connectivity index is 1.77. The number of fused-ring (bicyclic) bond motifs is 2. The van der Waals surface area contributed by atoms with Gasteiger partial charge in [0.1, 0.15) is 16.4 Å². The van der Waals surface area contributed by atoms with Gasteiger partial charge in [-0.2, -0.15) is 0 Å². The quantitative estimate of drug-likeness (QED) is 0.400. The number of nitrogens with zero attached hydrogens (tertiary/aromatic N) is 3. The third-order valence-electron chi connectivity index (χ3n) is 5.60. The first kappa shape index (κ1) is 22.0. The summed E-state index contributed by atoms with van der Waals surface area (Å²) < 4.78 is 30.9. The van der Waals surface area contributed by atoms with Gasteiger partial charge in [-0.25, -0.2) is 4.39 Å². The van der Waals surface area contributed by atoms with Gasteiger partial charge >= 0.3 is 0 Å². The van der Waals surface area contributed by atoms with Crippen molar-refractivity contribution in [3.05, 3.63) is 74.3 Å².